The fourth-order valence-corrected chi connectivity index (χ4v) is 4.03. The number of hydrogen-bond donors (Lipinski definition) is 1. The third-order valence-electron chi connectivity index (χ3n) is 5.93. The van der Waals surface area contributed by atoms with Crippen molar-refractivity contribution in [3.05, 3.63) is 77.3 Å². The van der Waals surface area contributed by atoms with Crippen molar-refractivity contribution in [3.63, 3.8) is 0 Å². The Balaban J connectivity index is 1.19. The Labute approximate surface area is 209 Å². The van der Waals surface area contributed by atoms with Crippen LogP contribution in [0.15, 0.2) is 65.1 Å². The van der Waals surface area contributed by atoms with Gasteiger partial charge in [0.2, 0.25) is 11.8 Å². The second kappa shape index (κ2) is 11.5. The molecule has 0 spiro atoms. The average Bonchev–Trinajstić information content (AvgIpc) is 3.30. The summed E-state index contributed by atoms with van der Waals surface area (Å²) in [7, 11) is 1.77. The molecular formula is C26H28ClFN4O3. The van der Waals surface area contributed by atoms with Crippen LogP contribution in [0.3, 0.4) is 0 Å². The number of hydrogen-bond acceptors (Lipinski definition) is 5. The van der Waals surface area contributed by atoms with E-state index in [1.807, 2.05) is 41.3 Å². The SMILES string of the molecule is CN(Cc1ccc(-c2ccc(Cl)cc2)o1)C(=O)CN1CCN(CC(=O)Nc2ccc(F)cc2)CC1. The smallest absolute Gasteiger partial charge is 0.238 e. The van der Waals surface area contributed by atoms with Gasteiger partial charge >= 0.3 is 0 Å². The van der Waals surface area contributed by atoms with E-state index in [0.29, 0.717) is 55.7 Å². The van der Waals surface area contributed by atoms with E-state index in [2.05, 4.69) is 10.2 Å². The Morgan fingerprint density at radius 3 is 2.23 bits per heavy atom. The van der Waals surface area contributed by atoms with Gasteiger partial charge in [-0.2, -0.15) is 0 Å². The van der Waals surface area contributed by atoms with Crippen LogP contribution in [0.2, 0.25) is 5.02 Å². The molecule has 1 aromatic heterocycles. The highest BCUT2D eigenvalue weighted by Gasteiger charge is 2.22. The molecule has 9 heteroatoms. The second-order valence-electron chi connectivity index (χ2n) is 8.63. The molecule has 1 aliphatic heterocycles. The minimum Gasteiger partial charge on any atom is -0.459 e. The maximum Gasteiger partial charge on any atom is 0.238 e. The van der Waals surface area contributed by atoms with E-state index in [1.165, 1.54) is 24.3 Å². The summed E-state index contributed by atoms with van der Waals surface area (Å²) < 4.78 is 18.9. The Kier molecular flexibility index (Phi) is 8.17. The average molecular weight is 499 g/mol. The summed E-state index contributed by atoms with van der Waals surface area (Å²) in [5, 5.41) is 3.44. The maximum absolute atomic E-state index is 13.0. The minimum atomic E-state index is -0.342. The summed E-state index contributed by atoms with van der Waals surface area (Å²) in [5.41, 5.74) is 1.50. The first-order valence-electron chi connectivity index (χ1n) is 11.4. The number of halogens is 2. The Morgan fingerprint density at radius 2 is 1.57 bits per heavy atom. The molecule has 0 atom stereocenters. The van der Waals surface area contributed by atoms with Crippen molar-refractivity contribution in [3.8, 4) is 11.3 Å². The standard InChI is InChI=1S/C26H28ClFN4O3/c1-30(16-23-10-11-24(35-23)19-2-4-20(27)5-3-19)26(34)18-32-14-12-31(13-15-32)17-25(33)29-22-8-6-21(28)7-9-22/h2-11H,12-18H2,1H3,(H,29,33). The Morgan fingerprint density at radius 1 is 0.943 bits per heavy atom. The number of carbonyl (C=O) groups is 2. The molecule has 35 heavy (non-hydrogen) atoms. The van der Waals surface area contributed by atoms with Crippen LogP contribution in [0.25, 0.3) is 11.3 Å². The molecule has 0 radical (unpaired) electrons. The third-order valence-corrected chi connectivity index (χ3v) is 6.18. The van der Waals surface area contributed by atoms with E-state index >= 15 is 0 Å². The molecule has 7 nitrogen and oxygen atoms in total. The van der Waals surface area contributed by atoms with Crippen molar-refractivity contribution in [1.82, 2.24) is 14.7 Å². The summed E-state index contributed by atoms with van der Waals surface area (Å²) >= 11 is 5.94. The van der Waals surface area contributed by atoms with Gasteiger partial charge in [-0.1, -0.05) is 11.6 Å². The van der Waals surface area contributed by atoms with Crippen LogP contribution in [0, 0.1) is 5.82 Å². The molecule has 0 unspecified atom stereocenters. The summed E-state index contributed by atoms with van der Waals surface area (Å²) in [6.45, 7) is 3.74. The predicted octanol–water partition coefficient (Wildman–Crippen LogP) is 3.95. The lowest BCUT2D eigenvalue weighted by atomic mass is 10.2. The number of anilines is 1. The number of benzene rings is 2. The highest BCUT2D eigenvalue weighted by atomic mass is 35.5. The normalized spacial score (nSPS) is 14.6. The molecule has 1 fully saturated rings. The zero-order chi connectivity index (χ0) is 24.8. The van der Waals surface area contributed by atoms with Crippen LogP contribution in [-0.4, -0.2) is 72.8 Å². The van der Waals surface area contributed by atoms with Gasteiger partial charge in [0.1, 0.15) is 17.3 Å². The number of amides is 2. The first kappa shape index (κ1) is 24.9. The topological polar surface area (TPSA) is 69.0 Å². The first-order valence-corrected chi connectivity index (χ1v) is 11.8. The van der Waals surface area contributed by atoms with Gasteiger partial charge in [-0.3, -0.25) is 19.4 Å². The lowest BCUT2D eigenvalue weighted by molar-refractivity contribution is -0.132. The molecule has 2 aromatic carbocycles. The number of nitrogens with one attached hydrogen (secondary N) is 1. The van der Waals surface area contributed by atoms with Crippen molar-refractivity contribution in [1.29, 1.82) is 0 Å². The van der Waals surface area contributed by atoms with Gasteiger partial charge in [0.15, 0.2) is 0 Å². The monoisotopic (exact) mass is 498 g/mol. The maximum atomic E-state index is 13.0. The van der Waals surface area contributed by atoms with Crippen molar-refractivity contribution in [2.24, 2.45) is 0 Å². The summed E-state index contributed by atoms with van der Waals surface area (Å²) in [6, 6.07) is 16.9. The Hall–Kier alpha value is -3.20. The number of carbonyl (C=O) groups excluding carboxylic acids is 2. The number of furan rings is 1. The van der Waals surface area contributed by atoms with E-state index in [4.69, 9.17) is 16.0 Å². The molecule has 0 aliphatic carbocycles. The molecule has 1 aliphatic rings. The van der Waals surface area contributed by atoms with E-state index in [9.17, 15) is 14.0 Å². The number of nitrogens with zero attached hydrogens (tertiary/aromatic N) is 3. The second-order valence-corrected chi connectivity index (χ2v) is 9.07. The van der Waals surface area contributed by atoms with Gasteiger partial charge in [0, 0.05) is 49.5 Å². The lowest BCUT2D eigenvalue weighted by Crippen LogP contribution is -2.51. The van der Waals surface area contributed by atoms with Crippen molar-refractivity contribution < 1.29 is 18.4 Å². The third kappa shape index (κ3) is 7.14. The van der Waals surface area contributed by atoms with Crippen LogP contribution >= 0.6 is 11.6 Å². The molecule has 3 aromatic rings. The number of rotatable bonds is 8. The molecule has 2 heterocycles. The van der Waals surface area contributed by atoms with Crippen LogP contribution in [0.4, 0.5) is 10.1 Å². The van der Waals surface area contributed by atoms with Crippen LogP contribution in [0.5, 0.6) is 0 Å². The molecule has 2 amide bonds. The molecule has 184 valence electrons. The highest BCUT2D eigenvalue weighted by Crippen LogP contribution is 2.24. The summed E-state index contributed by atoms with van der Waals surface area (Å²) in [4.78, 5) is 30.8. The molecule has 1 saturated heterocycles. The van der Waals surface area contributed by atoms with Gasteiger partial charge in [-0.25, -0.2) is 4.39 Å². The fourth-order valence-electron chi connectivity index (χ4n) is 3.91. The predicted molar refractivity (Wildman–Crippen MR) is 134 cm³/mol. The number of piperazine rings is 1. The van der Waals surface area contributed by atoms with E-state index in [0.717, 1.165) is 11.3 Å². The van der Waals surface area contributed by atoms with Gasteiger partial charge in [0.05, 0.1) is 19.6 Å². The molecule has 1 N–H and O–H groups in total. The van der Waals surface area contributed by atoms with E-state index < -0.39 is 0 Å². The van der Waals surface area contributed by atoms with Crippen molar-refractivity contribution in [2.75, 3.05) is 51.6 Å². The first-order chi connectivity index (χ1) is 16.9. The zero-order valence-corrected chi connectivity index (χ0v) is 20.3. The van der Waals surface area contributed by atoms with Gasteiger partial charge in [-0.05, 0) is 60.7 Å². The Bertz CT molecular complexity index is 1140. The highest BCUT2D eigenvalue weighted by molar-refractivity contribution is 6.30. The van der Waals surface area contributed by atoms with Gasteiger partial charge in [-0.15, -0.1) is 0 Å². The fraction of sp³-hybridized carbons (Fsp3) is 0.308. The van der Waals surface area contributed by atoms with Gasteiger partial charge < -0.3 is 14.6 Å². The van der Waals surface area contributed by atoms with Crippen LogP contribution < -0.4 is 5.32 Å². The summed E-state index contributed by atoms with van der Waals surface area (Å²) in [5.74, 6) is 0.972. The number of likely N-dealkylation sites (N-methyl/N-ethyl adjacent to an activating group) is 1. The van der Waals surface area contributed by atoms with E-state index in [-0.39, 0.29) is 24.2 Å². The molecule has 0 saturated carbocycles. The molecule has 0 bridgehead atoms. The van der Waals surface area contributed by atoms with E-state index in [1.54, 1.807) is 11.9 Å². The van der Waals surface area contributed by atoms with Crippen LogP contribution in [-0.2, 0) is 16.1 Å². The van der Waals surface area contributed by atoms with Gasteiger partial charge in [0.25, 0.3) is 0 Å². The largest absolute Gasteiger partial charge is 0.459 e. The molecule has 4 rings (SSSR count). The quantitative estimate of drug-likeness (QED) is 0.509. The summed E-state index contributed by atoms with van der Waals surface area (Å²) in [6.07, 6.45) is 0. The van der Waals surface area contributed by atoms with Crippen molar-refractivity contribution >= 4 is 29.1 Å². The van der Waals surface area contributed by atoms with Crippen LogP contribution in [0.1, 0.15) is 5.76 Å². The molecular weight excluding hydrogens is 471 g/mol. The van der Waals surface area contributed by atoms with Crippen molar-refractivity contribution in [2.45, 2.75) is 6.54 Å². The zero-order valence-electron chi connectivity index (χ0n) is 19.5. The lowest BCUT2D eigenvalue weighted by Gasteiger charge is -2.34. The minimum absolute atomic E-state index is 0.0111.